The molecule has 0 fully saturated rings. The first kappa shape index (κ1) is 17.1. The summed E-state index contributed by atoms with van der Waals surface area (Å²) in [6, 6.07) is 7.73. The van der Waals surface area contributed by atoms with Gasteiger partial charge in [-0.15, -0.1) is 11.3 Å². The second-order valence-electron chi connectivity index (χ2n) is 5.81. The first-order chi connectivity index (χ1) is 12.0. The smallest absolute Gasteiger partial charge is 0.368 e. The van der Waals surface area contributed by atoms with Crippen molar-refractivity contribution in [1.82, 2.24) is 19.8 Å². The highest BCUT2D eigenvalue weighted by atomic mass is 32.1. The summed E-state index contributed by atoms with van der Waals surface area (Å²) >= 11 is 1.63. The molecule has 0 aliphatic heterocycles. The van der Waals surface area contributed by atoms with Crippen LogP contribution in [0.15, 0.2) is 39.6 Å². The Bertz CT molecular complexity index is 983. The summed E-state index contributed by atoms with van der Waals surface area (Å²) < 4.78 is 2.46. The van der Waals surface area contributed by atoms with Crippen LogP contribution in [0.5, 0.6) is 0 Å². The first-order valence-corrected chi connectivity index (χ1v) is 8.65. The Morgan fingerprint density at radius 3 is 2.76 bits per heavy atom. The molecule has 0 saturated heterocycles. The van der Waals surface area contributed by atoms with Gasteiger partial charge in [-0.1, -0.05) is 17.3 Å². The number of hydrogen-bond acceptors (Lipinski definition) is 6. The summed E-state index contributed by atoms with van der Waals surface area (Å²) in [5, 5.41) is 14.0. The molecule has 0 aliphatic carbocycles. The molecule has 0 amide bonds. The van der Waals surface area contributed by atoms with Crippen LogP contribution in [-0.4, -0.2) is 25.5 Å². The maximum atomic E-state index is 12.1. The molecule has 25 heavy (non-hydrogen) atoms. The van der Waals surface area contributed by atoms with E-state index in [4.69, 9.17) is 4.84 Å². The number of thiophene rings is 1. The van der Waals surface area contributed by atoms with Gasteiger partial charge in [0.2, 0.25) is 0 Å². The highest BCUT2D eigenvalue weighted by Crippen LogP contribution is 2.19. The van der Waals surface area contributed by atoms with Crippen LogP contribution in [0.1, 0.15) is 28.5 Å². The molecule has 8 heteroatoms. The fourth-order valence-corrected chi connectivity index (χ4v) is 3.24. The van der Waals surface area contributed by atoms with Gasteiger partial charge >= 0.3 is 5.69 Å². The van der Waals surface area contributed by atoms with Crippen molar-refractivity contribution in [3.05, 3.63) is 61.7 Å². The van der Waals surface area contributed by atoms with E-state index in [1.54, 1.807) is 18.4 Å². The maximum absolute atomic E-state index is 12.1. The molecule has 0 spiro atoms. The van der Waals surface area contributed by atoms with E-state index in [-0.39, 0.29) is 12.3 Å². The van der Waals surface area contributed by atoms with Gasteiger partial charge in [-0.2, -0.15) is 9.36 Å². The van der Waals surface area contributed by atoms with Crippen LogP contribution in [0.4, 0.5) is 0 Å². The van der Waals surface area contributed by atoms with Crippen LogP contribution in [0.2, 0.25) is 0 Å². The Hall–Kier alpha value is -2.74. The molecule has 3 aromatic rings. The van der Waals surface area contributed by atoms with E-state index in [1.807, 2.05) is 39.0 Å². The van der Waals surface area contributed by atoms with Crippen molar-refractivity contribution in [2.24, 2.45) is 12.2 Å². The molecule has 0 radical (unpaired) electrons. The number of oxime groups is 1. The lowest BCUT2D eigenvalue weighted by atomic mass is 10.1. The summed E-state index contributed by atoms with van der Waals surface area (Å²) in [7, 11) is 1.56. The van der Waals surface area contributed by atoms with Gasteiger partial charge in [0, 0.05) is 12.6 Å². The molecule has 0 unspecified atom stereocenters. The van der Waals surface area contributed by atoms with Crippen molar-refractivity contribution < 1.29 is 4.84 Å². The minimum atomic E-state index is -0.305. The highest BCUT2D eigenvalue weighted by molar-refractivity contribution is 7.12. The van der Waals surface area contributed by atoms with Crippen molar-refractivity contribution >= 4 is 17.0 Å². The fourth-order valence-electron chi connectivity index (χ4n) is 2.40. The average molecular weight is 357 g/mol. The summed E-state index contributed by atoms with van der Waals surface area (Å²) in [6.45, 7) is 6.17. The molecule has 1 aromatic carbocycles. The molecule has 0 aliphatic rings. The van der Waals surface area contributed by atoms with Crippen molar-refractivity contribution in [2.45, 2.75) is 27.4 Å². The lowest BCUT2D eigenvalue weighted by Gasteiger charge is -2.10. The van der Waals surface area contributed by atoms with E-state index in [0.29, 0.717) is 5.69 Å². The SMILES string of the molecule is CC(=NOCc1c(C)cccc1-n1nnn(C)c1=O)c1cc(C)cs1. The third kappa shape index (κ3) is 3.53. The molecule has 3 rings (SSSR count). The summed E-state index contributed by atoms with van der Waals surface area (Å²) in [5.41, 5.74) is 4.22. The average Bonchev–Trinajstić information content (AvgIpc) is 3.16. The number of tetrazole rings is 1. The summed E-state index contributed by atoms with van der Waals surface area (Å²) in [5.74, 6) is 0. The quantitative estimate of drug-likeness (QED) is 0.520. The molecule has 2 aromatic heterocycles. The second kappa shape index (κ2) is 7.02. The van der Waals surface area contributed by atoms with E-state index in [2.05, 4.69) is 27.0 Å². The Kier molecular flexibility index (Phi) is 4.80. The number of rotatable bonds is 5. The van der Waals surface area contributed by atoms with Crippen LogP contribution >= 0.6 is 11.3 Å². The molecule has 130 valence electrons. The lowest BCUT2D eigenvalue weighted by molar-refractivity contribution is 0.130. The van der Waals surface area contributed by atoms with Crippen molar-refractivity contribution in [1.29, 1.82) is 0 Å². The van der Waals surface area contributed by atoms with Crippen LogP contribution in [0, 0.1) is 13.8 Å². The van der Waals surface area contributed by atoms with Gasteiger partial charge in [0.05, 0.1) is 16.3 Å². The third-order valence-electron chi connectivity index (χ3n) is 3.83. The third-order valence-corrected chi connectivity index (χ3v) is 4.99. The standard InChI is InChI=1S/C17H19N5O2S/c1-11-8-16(25-10-11)13(3)18-24-9-14-12(2)6-5-7-15(14)22-17(23)21(4)19-20-22/h5-8,10H,9H2,1-4H3. The van der Waals surface area contributed by atoms with E-state index in [0.717, 1.165) is 21.7 Å². The first-order valence-electron chi connectivity index (χ1n) is 7.77. The van der Waals surface area contributed by atoms with Gasteiger partial charge in [-0.25, -0.2) is 4.79 Å². The Morgan fingerprint density at radius 2 is 2.12 bits per heavy atom. The van der Waals surface area contributed by atoms with Gasteiger partial charge in [-0.05, 0) is 59.8 Å². The van der Waals surface area contributed by atoms with Gasteiger partial charge in [-0.3, -0.25) is 0 Å². The van der Waals surface area contributed by atoms with Gasteiger partial charge in [0.1, 0.15) is 6.61 Å². The van der Waals surface area contributed by atoms with Crippen molar-refractivity contribution in [3.8, 4) is 5.69 Å². The predicted molar refractivity (Wildman–Crippen MR) is 97.4 cm³/mol. The molecule has 7 nitrogen and oxygen atoms in total. The molecule has 0 atom stereocenters. The molecule has 0 N–H and O–H groups in total. The maximum Gasteiger partial charge on any atom is 0.368 e. The highest BCUT2D eigenvalue weighted by Gasteiger charge is 2.13. The topological polar surface area (TPSA) is 74.3 Å². The summed E-state index contributed by atoms with van der Waals surface area (Å²) in [4.78, 5) is 18.8. The zero-order chi connectivity index (χ0) is 18.0. The van der Waals surface area contributed by atoms with Crippen molar-refractivity contribution in [3.63, 3.8) is 0 Å². The number of aromatic nitrogens is 4. The van der Waals surface area contributed by atoms with E-state index < -0.39 is 0 Å². The number of nitrogens with zero attached hydrogens (tertiary/aromatic N) is 5. The van der Waals surface area contributed by atoms with E-state index in [9.17, 15) is 4.79 Å². The Labute approximate surface area is 149 Å². The minimum absolute atomic E-state index is 0.243. The molecule has 0 bridgehead atoms. The largest absolute Gasteiger partial charge is 0.391 e. The van der Waals surface area contributed by atoms with Gasteiger partial charge < -0.3 is 4.84 Å². The number of hydrogen-bond donors (Lipinski definition) is 0. The molecular weight excluding hydrogens is 338 g/mol. The van der Waals surface area contributed by atoms with Crippen LogP contribution in [0.3, 0.4) is 0 Å². The minimum Gasteiger partial charge on any atom is -0.391 e. The normalized spacial score (nSPS) is 11.8. The Balaban J connectivity index is 1.85. The van der Waals surface area contributed by atoms with E-state index in [1.165, 1.54) is 14.9 Å². The molecule has 0 saturated carbocycles. The predicted octanol–water partition coefficient (Wildman–Crippen LogP) is 2.59. The zero-order valence-corrected chi connectivity index (χ0v) is 15.4. The molecular formula is C17H19N5O2S. The summed E-state index contributed by atoms with van der Waals surface area (Å²) in [6.07, 6.45) is 0. The van der Waals surface area contributed by atoms with Gasteiger partial charge in [0.15, 0.2) is 0 Å². The monoisotopic (exact) mass is 357 g/mol. The zero-order valence-electron chi connectivity index (χ0n) is 14.6. The van der Waals surface area contributed by atoms with Crippen molar-refractivity contribution in [2.75, 3.05) is 0 Å². The fraction of sp³-hybridized carbons (Fsp3) is 0.294. The van der Waals surface area contributed by atoms with E-state index >= 15 is 0 Å². The molecule has 2 heterocycles. The van der Waals surface area contributed by atoms with Crippen LogP contribution in [-0.2, 0) is 18.5 Å². The second-order valence-corrected chi connectivity index (χ2v) is 6.72. The van der Waals surface area contributed by atoms with Gasteiger partial charge in [0.25, 0.3) is 0 Å². The van der Waals surface area contributed by atoms with Crippen LogP contribution in [0.25, 0.3) is 5.69 Å². The Morgan fingerprint density at radius 1 is 1.32 bits per heavy atom. The lowest BCUT2D eigenvalue weighted by Crippen LogP contribution is -2.23. The number of benzene rings is 1. The number of aryl methyl sites for hydroxylation is 3. The van der Waals surface area contributed by atoms with Crippen LogP contribution < -0.4 is 5.69 Å².